The molecule has 0 atom stereocenters. The molecule has 0 unspecified atom stereocenters. The molecule has 2 heterocycles. The van der Waals surface area contributed by atoms with Crippen LogP contribution in [-0.2, 0) is 9.59 Å². The number of halogens is 1. The number of nitrogens with zero attached hydrogens (tertiary/aromatic N) is 2. The first-order valence-corrected chi connectivity index (χ1v) is 10.5. The van der Waals surface area contributed by atoms with Crippen molar-refractivity contribution in [3.8, 4) is 0 Å². The smallest absolute Gasteiger partial charge is 0.282 e. The van der Waals surface area contributed by atoms with E-state index in [2.05, 4.69) is 27.8 Å². The summed E-state index contributed by atoms with van der Waals surface area (Å²) in [6.45, 7) is 5.86. The van der Waals surface area contributed by atoms with E-state index in [9.17, 15) is 9.59 Å². The van der Waals surface area contributed by atoms with Gasteiger partial charge in [0.05, 0.1) is 11.3 Å². The SMILES string of the molecule is Cc1ccc(C2=C(N3CCC(C)CC3)C(=O)N(c3ccc(Br)cc3)C2=O)cc1. The molecule has 2 aromatic rings. The van der Waals surface area contributed by atoms with Crippen LogP contribution in [0.5, 0.6) is 0 Å². The van der Waals surface area contributed by atoms with Crippen LogP contribution in [-0.4, -0.2) is 29.8 Å². The molecular formula is C23H23BrN2O2. The summed E-state index contributed by atoms with van der Waals surface area (Å²) < 4.78 is 0.910. The molecule has 2 amide bonds. The minimum atomic E-state index is -0.246. The van der Waals surface area contributed by atoms with Crippen molar-refractivity contribution in [2.75, 3.05) is 18.0 Å². The topological polar surface area (TPSA) is 40.6 Å². The van der Waals surface area contributed by atoms with Gasteiger partial charge in [0.25, 0.3) is 11.8 Å². The van der Waals surface area contributed by atoms with Gasteiger partial charge < -0.3 is 4.90 Å². The maximum Gasteiger partial charge on any atom is 0.282 e. The highest BCUT2D eigenvalue weighted by molar-refractivity contribution is 9.10. The second-order valence-electron chi connectivity index (χ2n) is 7.68. The number of hydrogen-bond donors (Lipinski definition) is 0. The number of aryl methyl sites for hydroxylation is 1. The van der Waals surface area contributed by atoms with Gasteiger partial charge >= 0.3 is 0 Å². The number of anilines is 1. The van der Waals surface area contributed by atoms with E-state index in [1.165, 1.54) is 4.90 Å². The molecule has 28 heavy (non-hydrogen) atoms. The molecule has 2 aromatic carbocycles. The van der Waals surface area contributed by atoms with Gasteiger partial charge in [-0.3, -0.25) is 9.59 Å². The fourth-order valence-corrected chi connectivity index (χ4v) is 4.11. The minimum Gasteiger partial charge on any atom is -0.366 e. The lowest BCUT2D eigenvalue weighted by molar-refractivity contribution is -0.120. The van der Waals surface area contributed by atoms with E-state index in [1.807, 2.05) is 43.3 Å². The molecule has 0 aromatic heterocycles. The molecule has 0 aliphatic carbocycles. The van der Waals surface area contributed by atoms with Crippen molar-refractivity contribution in [1.82, 2.24) is 4.90 Å². The normalized spacial score (nSPS) is 18.4. The lowest BCUT2D eigenvalue weighted by Gasteiger charge is -2.32. The number of likely N-dealkylation sites (tertiary alicyclic amines) is 1. The Morgan fingerprint density at radius 3 is 2.11 bits per heavy atom. The number of amides is 2. The van der Waals surface area contributed by atoms with Crippen LogP contribution in [0.4, 0.5) is 5.69 Å². The van der Waals surface area contributed by atoms with Gasteiger partial charge in [-0.25, -0.2) is 4.90 Å². The molecule has 2 aliphatic rings. The van der Waals surface area contributed by atoms with Crippen molar-refractivity contribution < 1.29 is 9.59 Å². The maximum absolute atomic E-state index is 13.4. The lowest BCUT2D eigenvalue weighted by atomic mass is 9.97. The number of hydrogen-bond acceptors (Lipinski definition) is 3. The standard InChI is InChI=1S/C23H23BrN2O2/c1-15-3-5-17(6-4-15)20-21(25-13-11-16(2)12-14-25)23(28)26(22(20)27)19-9-7-18(24)8-10-19/h3-10,16H,11-14H2,1-2H3. The van der Waals surface area contributed by atoms with Crippen LogP contribution in [0.15, 0.2) is 58.7 Å². The van der Waals surface area contributed by atoms with E-state index in [4.69, 9.17) is 0 Å². The summed E-state index contributed by atoms with van der Waals surface area (Å²) in [4.78, 5) is 30.3. The Kier molecular flexibility index (Phi) is 5.11. The summed E-state index contributed by atoms with van der Waals surface area (Å²) in [5, 5.41) is 0. The molecule has 0 saturated carbocycles. The Morgan fingerprint density at radius 1 is 0.893 bits per heavy atom. The summed E-state index contributed by atoms with van der Waals surface area (Å²) >= 11 is 3.41. The van der Waals surface area contributed by atoms with Gasteiger partial charge in [-0.05, 0) is 55.5 Å². The molecule has 144 valence electrons. The number of imide groups is 1. The highest BCUT2D eigenvalue weighted by atomic mass is 79.9. The largest absolute Gasteiger partial charge is 0.366 e. The number of rotatable bonds is 3. The van der Waals surface area contributed by atoms with Crippen LogP contribution in [0.25, 0.3) is 5.57 Å². The minimum absolute atomic E-state index is 0.225. The molecule has 4 rings (SSSR count). The van der Waals surface area contributed by atoms with Gasteiger partial charge in [0.15, 0.2) is 0 Å². The molecule has 0 bridgehead atoms. The third-order valence-corrected chi connectivity index (χ3v) is 6.11. The molecule has 2 aliphatic heterocycles. The van der Waals surface area contributed by atoms with Crippen molar-refractivity contribution in [3.63, 3.8) is 0 Å². The van der Waals surface area contributed by atoms with E-state index in [0.29, 0.717) is 22.9 Å². The Hall–Kier alpha value is -2.40. The number of piperidine rings is 1. The van der Waals surface area contributed by atoms with E-state index in [0.717, 1.165) is 41.5 Å². The zero-order chi connectivity index (χ0) is 19.8. The van der Waals surface area contributed by atoms with Crippen molar-refractivity contribution in [1.29, 1.82) is 0 Å². The summed E-state index contributed by atoms with van der Waals surface area (Å²) in [5.41, 5.74) is 3.59. The van der Waals surface area contributed by atoms with Gasteiger partial charge in [0.2, 0.25) is 0 Å². The highest BCUT2D eigenvalue weighted by Gasteiger charge is 2.42. The van der Waals surface area contributed by atoms with Gasteiger partial charge in [-0.2, -0.15) is 0 Å². The van der Waals surface area contributed by atoms with Crippen LogP contribution in [0.1, 0.15) is 30.9 Å². The highest BCUT2D eigenvalue weighted by Crippen LogP contribution is 2.36. The number of carbonyl (C=O) groups excluding carboxylic acids is 2. The molecular weight excluding hydrogens is 416 g/mol. The molecule has 0 N–H and O–H groups in total. The Morgan fingerprint density at radius 2 is 1.50 bits per heavy atom. The third kappa shape index (κ3) is 3.39. The van der Waals surface area contributed by atoms with E-state index >= 15 is 0 Å². The first kappa shape index (κ1) is 18.9. The van der Waals surface area contributed by atoms with Crippen molar-refractivity contribution in [3.05, 3.63) is 69.8 Å². The van der Waals surface area contributed by atoms with E-state index in [-0.39, 0.29) is 11.8 Å². The number of carbonyl (C=O) groups is 2. The Labute approximate surface area is 174 Å². The molecule has 5 heteroatoms. The first-order valence-electron chi connectivity index (χ1n) is 9.66. The van der Waals surface area contributed by atoms with Crippen molar-refractivity contribution in [2.45, 2.75) is 26.7 Å². The predicted octanol–water partition coefficient (Wildman–Crippen LogP) is 4.77. The second-order valence-corrected chi connectivity index (χ2v) is 8.60. The average Bonchev–Trinajstić information content (AvgIpc) is 2.94. The zero-order valence-corrected chi connectivity index (χ0v) is 17.7. The van der Waals surface area contributed by atoms with Crippen LogP contribution in [0.2, 0.25) is 0 Å². The maximum atomic E-state index is 13.4. The molecule has 1 saturated heterocycles. The van der Waals surface area contributed by atoms with Crippen molar-refractivity contribution >= 4 is 39.0 Å². The van der Waals surface area contributed by atoms with E-state index in [1.54, 1.807) is 12.1 Å². The zero-order valence-electron chi connectivity index (χ0n) is 16.1. The molecule has 4 nitrogen and oxygen atoms in total. The Bertz CT molecular complexity index is 940. The molecule has 0 radical (unpaired) electrons. The Balaban J connectivity index is 1.79. The van der Waals surface area contributed by atoms with Gasteiger partial charge in [0, 0.05) is 17.6 Å². The van der Waals surface area contributed by atoms with Crippen LogP contribution in [0.3, 0.4) is 0 Å². The molecule has 1 fully saturated rings. The van der Waals surface area contributed by atoms with Crippen LogP contribution in [0, 0.1) is 12.8 Å². The summed E-state index contributed by atoms with van der Waals surface area (Å²) in [6.07, 6.45) is 2.06. The quantitative estimate of drug-likeness (QED) is 0.647. The van der Waals surface area contributed by atoms with E-state index < -0.39 is 0 Å². The predicted molar refractivity (Wildman–Crippen MR) is 115 cm³/mol. The van der Waals surface area contributed by atoms with Crippen LogP contribution < -0.4 is 4.90 Å². The van der Waals surface area contributed by atoms with Gasteiger partial charge in [-0.15, -0.1) is 0 Å². The lowest BCUT2D eigenvalue weighted by Crippen LogP contribution is -2.38. The second kappa shape index (κ2) is 7.55. The fourth-order valence-electron chi connectivity index (χ4n) is 3.85. The third-order valence-electron chi connectivity index (χ3n) is 5.58. The van der Waals surface area contributed by atoms with Crippen LogP contribution >= 0.6 is 15.9 Å². The van der Waals surface area contributed by atoms with Gasteiger partial charge in [-0.1, -0.05) is 52.7 Å². The fraction of sp³-hybridized carbons (Fsp3) is 0.304. The number of benzene rings is 2. The first-order chi connectivity index (χ1) is 13.5. The summed E-state index contributed by atoms with van der Waals surface area (Å²) in [5.74, 6) is 0.178. The summed E-state index contributed by atoms with van der Waals surface area (Å²) in [7, 11) is 0. The average molecular weight is 439 g/mol. The molecule has 0 spiro atoms. The van der Waals surface area contributed by atoms with Gasteiger partial charge in [0.1, 0.15) is 5.70 Å². The summed E-state index contributed by atoms with van der Waals surface area (Å²) in [6, 6.07) is 15.1. The van der Waals surface area contributed by atoms with Crippen molar-refractivity contribution in [2.24, 2.45) is 5.92 Å². The monoisotopic (exact) mass is 438 g/mol.